The molecule has 1 atom stereocenters. The Balaban J connectivity index is 2.96. The van der Waals surface area contributed by atoms with Crippen molar-refractivity contribution < 1.29 is 9.13 Å². The summed E-state index contributed by atoms with van der Waals surface area (Å²) in [7, 11) is 1.63. The van der Waals surface area contributed by atoms with Crippen LogP contribution in [-0.4, -0.2) is 7.11 Å². The molecule has 0 amide bonds. The third kappa shape index (κ3) is 2.05. The van der Waals surface area contributed by atoms with Crippen LogP contribution in [-0.2, 0) is 4.74 Å². The zero-order valence-corrected chi connectivity index (χ0v) is 8.56. The molecule has 1 nitrogen and oxygen atoms in total. The second-order valence-electron chi connectivity index (χ2n) is 2.55. The quantitative estimate of drug-likeness (QED) is 0.761. The maximum Gasteiger partial charge on any atom is 0.137 e. The van der Waals surface area contributed by atoms with Gasteiger partial charge in [-0.05, 0) is 40.5 Å². The molecule has 1 aromatic rings. The Morgan fingerprint density at radius 1 is 1.50 bits per heavy atom. The first-order valence-electron chi connectivity index (χ1n) is 3.63. The molecule has 0 spiro atoms. The third-order valence-electron chi connectivity index (χ3n) is 1.77. The Bertz CT molecular complexity index is 275. The minimum atomic E-state index is -0.248. The molecule has 1 unspecified atom stereocenters. The number of rotatable bonds is 2. The van der Waals surface area contributed by atoms with Crippen molar-refractivity contribution in [2.45, 2.75) is 13.0 Å². The average Bonchev–Trinajstić information content (AvgIpc) is 2.08. The summed E-state index contributed by atoms with van der Waals surface area (Å²) in [4.78, 5) is 0. The number of halogens is 2. The smallest absolute Gasteiger partial charge is 0.137 e. The van der Waals surface area contributed by atoms with Gasteiger partial charge in [-0.2, -0.15) is 0 Å². The van der Waals surface area contributed by atoms with Crippen LogP contribution in [0.5, 0.6) is 0 Å². The van der Waals surface area contributed by atoms with Crippen molar-refractivity contribution in [3.05, 3.63) is 34.1 Å². The molecule has 0 fully saturated rings. The summed E-state index contributed by atoms with van der Waals surface area (Å²) in [6.07, 6.45) is 0.00176. The van der Waals surface area contributed by atoms with Crippen LogP contribution in [0.1, 0.15) is 18.6 Å². The van der Waals surface area contributed by atoms with Gasteiger partial charge < -0.3 is 4.74 Å². The molecule has 0 heterocycles. The molecule has 0 aliphatic heterocycles. The highest BCUT2D eigenvalue weighted by Crippen LogP contribution is 2.22. The van der Waals surface area contributed by atoms with Crippen LogP contribution in [0.4, 0.5) is 4.39 Å². The molecule has 0 aromatic heterocycles. The predicted molar refractivity (Wildman–Crippen MR) is 49.5 cm³/mol. The average molecular weight is 233 g/mol. The van der Waals surface area contributed by atoms with Crippen LogP contribution in [0.25, 0.3) is 0 Å². The Morgan fingerprint density at radius 3 is 2.67 bits per heavy atom. The van der Waals surface area contributed by atoms with E-state index >= 15 is 0 Å². The number of hydrogen-bond acceptors (Lipinski definition) is 1. The Hall–Kier alpha value is -0.410. The first-order chi connectivity index (χ1) is 5.65. The molecule has 0 saturated heterocycles. The lowest BCUT2D eigenvalue weighted by Crippen LogP contribution is -1.95. The Morgan fingerprint density at radius 2 is 2.17 bits per heavy atom. The fourth-order valence-corrected chi connectivity index (χ4v) is 1.30. The zero-order chi connectivity index (χ0) is 9.14. The van der Waals surface area contributed by atoms with E-state index in [4.69, 9.17) is 4.74 Å². The summed E-state index contributed by atoms with van der Waals surface area (Å²) >= 11 is 3.11. The molecule has 0 saturated carbocycles. The largest absolute Gasteiger partial charge is 0.377 e. The van der Waals surface area contributed by atoms with Crippen molar-refractivity contribution in [2.24, 2.45) is 0 Å². The van der Waals surface area contributed by atoms with Crippen molar-refractivity contribution in [3.8, 4) is 0 Å². The maximum absolute atomic E-state index is 12.8. The number of ether oxygens (including phenoxy) is 1. The summed E-state index contributed by atoms with van der Waals surface area (Å²) < 4.78 is 18.3. The monoisotopic (exact) mass is 232 g/mol. The normalized spacial score (nSPS) is 13.0. The lowest BCUT2D eigenvalue weighted by molar-refractivity contribution is 0.119. The van der Waals surface area contributed by atoms with E-state index in [0.29, 0.717) is 4.47 Å². The molecule has 0 N–H and O–H groups in total. The van der Waals surface area contributed by atoms with E-state index in [2.05, 4.69) is 15.9 Å². The molecule has 0 aliphatic rings. The molecule has 1 rings (SSSR count). The van der Waals surface area contributed by atoms with Gasteiger partial charge in [-0.25, -0.2) is 4.39 Å². The number of hydrogen-bond donors (Lipinski definition) is 0. The Kier molecular flexibility index (Phi) is 3.23. The van der Waals surface area contributed by atoms with E-state index < -0.39 is 0 Å². The topological polar surface area (TPSA) is 9.23 Å². The minimum Gasteiger partial charge on any atom is -0.377 e. The summed E-state index contributed by atoms with van der Waals surface area (Å²) in [6, 6.07) is 4.87. The molecule has 66 valence electrons. The fourth-order valence-electron chi connectivity index (χ4n) is 0.901. The zero-order valence-electron chi connectivity index (χ0n) is 6.97. The van der Waals surface area contributed by atoms with Crippen LogP contribution in [0.15, 0.2) is 22.7 Å². The molecule has 12 heavy (non-hydrogen) atoms. The molecule has 3 heteroatoms. The van der Waals surface area contributed by atoms with Crippen molar-refractivity contribution in [1.82, 2.24) is 0 Å². The highest BCUT2D eigenvalue weighted by atomic mass is 79.9. The van der Waals surface area contributed by atoms with E-state index in [1.54, 1.807) is 19.2 Å². The summed E-state index contributed by atoms with van der Waals surface area (Å²) in [5.41, 5.74) is 0.964. The molecular formula is C9H10BrFO. The fraction of sp³-hybridized carbons (Fsp3) is 0.333. The summed E-state index contributed by atoms with van der Waals surface area (Å²) in [5.74, 6) is -0.248. The van der Waals surface area contributed by atoms with Crippen molar-refractivity contribution >= 4 is 15.9 Å². The second-order valence-corrected chi connectivity index (χ2v) is 3.41. The van der Waals surface area contributed by atoms with Gasteiger partial charge in [0.2, 0.25) is 0 Å². The van der Waals surface area contributed by atoms with Crippen LogP contribution >= 0.6 is 15.9 Å². The molecular weight excluding hydrogens is 223 g/mol. The van der Waals surface area contributed by atoms with Crippen molar-refractivity contribution in [2.75, 3.05) is 7.11 Å². The first kappa shape index (κ1) is 9.68. The van der Waals surface area contributed by atoms with E-state index in [0.717, 1.165) is 5.56 Å². The van der Waals surface area contributed by atoms with Gasteiger partial charge in [0, 0.05) is 7.11 Å². The van der Waals surface area contributed by atoms with E-state index in [-0.39, 0.29) is 11.9 Å². The number of benzene rings is 1. The lowest BCUT2D eigenvalue weighted by atomic mass is 10.1. The highest BCUT2D eigenvalue weighted by Gasteiger charge is 2.05. The predicted octanol–water partition coefficient (Wildman–Crippen LogP) is 3.30. The van der Waals surface area contributed by atoms with Crippen LogP contribution in [0.3, 0.4) is 0 Å². The highest BCUT2D eigenvalue weighted by molar-refractivity contribution is 9.10. The first-order valence-corrected chi connectivity index (χ1v) is 4.42. The van der Waals surface area contributed by atoms with E-state index in [9.17, 15) is 4.39 Å². The summed E-state index contributed by atoms with van der Waals surface area (Å²) in [6.45, 7) is 1.92. The molecule has 0 bridgehead atoms. The van der Waals surface area contributed by atoms with Gasteiger partial charge in [0.05, 0.1) is 10.6 Å². The van der Waals surface area contributed by atoms with Gasteiger partial charge in [0.15, 0.2) is 0 Å². The molecule has 0 radical (unpaired) electrons. The van der Waals surface area contributed by atoms with Gasteiger partial charge in [-0.1, -0.05) is 6.07 Å². The maximum atomic E-state index is 12.8. The van der Waals surface area contributed by atoms with Crippen LogP contribution < -0.4 is 0 Å². The van der Waals surface area contributed by atoms with Crippen LogP contribution in [0.2, 0.25) is 0 Å². The van der Waals surface area contributed by atoms with Gasteiger partial charge in [0.25, 0.3) is 0 Å². The number of methoxy groups -OCH3 is 1. The van der Waals surface area contributed by atoms with Gasteiger partial charge >= 0.3 is 0 Å². The van der Waals surface area contributed by atoms with Gasteiger partial charge in [-0.3, -0.25) is 0 Å². The SMILES string of the molecule is COC(C)c1ccc(F)c(Br)c1. The standard InChI is InChI=1S/C9H10BrFO/c1-6(12-2)7-3-4-9(11)8(10)5-7/h3-6H,1-2H3. The summed E-state index contributed by atoms with van der Waals surface area (Å²) in [5, 5.41) is 0. The molecule has 1 aromatic carbocycles. The minimum absolute atomic E-state index is 0.00176. The van der Waals surface area contributed by atoms with Crippen molar-refractivity contribution in [3.63, 3.8) is 0 Å². The van der Waals surface area contributed by atoms with Crippen molar-refractivity contribution in [1.29, 1.82) is 0 Å². The van der Waals surface area contributed by atoms with Crippen LogP contribution in [0, 0.1) is 5.82 Å². The second kappa shape index (κ2) is 4.01. The van der Waals surface area contributed by atoms with E-state index in [1.165, 1.54) is 6.07 Å². The Labute approximate surface area is 79.7 Å². The van der Waals surface area contributed by atoms with Gasteiger partial charge in [0.1, 0.15) is 5.82 Å². The molecule has 0 aliphatic carbocycles. The van der Waals surface area contributed by atoms with E-state index in [1.807, 2.05) is 6.92 Å². The third-order valence-corrected chi connectivity index (χ3v) is 2.37. The lowest BCUT2D eigenvalue weighted by Gasteiger charge is -2.09. The van der Waals surface area contributed by atoms with Gasteiger partial charge in [-0.15, -0.1) is 0 Å².